The first kappa shape index (κ1) is 21.9. The summed E-state index contributed by atoms with van der Waals surface area (Å²) in [4.78, 5) is 3.02. The molecule has 0 aliphatic carbocycles. The smallest absolute Gasteiger partial charge is 0.282 e. The SMILES string of the molecule is O=S(=O)(c1ccc(C(F)(F)F)nc1)N1C2Cc3[nH]ncc3C1c1c(-c3ccc(F)cc3)cccc12. The molecule has 35 heavy (non-hydrogen) atoms. The topological polar surface area (TPSA) is 79.0 Å². The number of H-pyrrole nitrogens is 1. The zero-order chi connectivity index (χ0) is 24.5. The van der Waals surface area contributed by atoms with Gasteiger partial charge in [0.1, 0.15) is 16.4 Å². The summed E-state index contributed by atoms with van der Waals surface area (Å²) in [5, 5.41) is 7.04. The maximum Gasteiger partial charge on any atom is 0.433 e. The molecule has 0 radical (unpaired) electrons. The van der Waals surface area contributed by atoms with Crippen LogP contribution in [-0.4, -0.2) is 27.9 Å². The van der Waals surface area contributed by atoms with Crippen molar-refractivity contribution in [1.82, 2.24) is 19.5 Å². The van der Waals surface area contributed by atoms with Crippen molar-refractivity contribution in [3.05, 3.63) is 101 Å². The third-order valence-electron chi connectivity index (χ3n) is 6.54. The molecule has 0 saturated heterocycles. The molecule has 2 aliphatic rings. The van der Waals surface area contributed by atoms with E-state index in [-0.39, 0.29) is 4.90 Å². The third kappa shape index (κ3) is 3.29. The fourth-order valence-electron chi connectivity index (χ4n) is 5.04. The number of halogens is 4. The van der Waals surface area contributed by atoms with E-state index in [9.17, 15) is 26.0 Å². The van der Waals surface area contributed by atoms with Crippen LogP contribution in [0.3, 0.4) is 0 Å². The molecular weight excluding hydrogens is 484 g/mol. The van der Waals surface area contributed by atoms with Crippen LogP contribution in [0.15, 0.2) is 71.9 Å². The molecule has 1 N–H and O–H groups in total. The van der Waals surface area contributed by atoms with Crippen LogP contribution in [-0.2, 0) is 22.6 Å². The van der Waals surface area contributed by atoms with E-state index in [1.807, 2.05) is 18.2 Å². The Morgan fingerprint density at radius 1 is 0.971 bits per heavy atom. The Balaban J connectivity index is 1.53. The molecule has 4 aromatic rings. The lowest BCUT2D eigenvalue weighted by Crippen LogP contribution is -2.37. The van der Waals surface area contributed by atoms with Crippen LogP contribution in [0.25, 0.3) is 11.1 Å². The van der Waals surface area contributed by atoms with E-state index in [2.05, 4.69) is 15.2 Å². The first-order valence-electron chi connectivity index (χ1n) is 10.6. The Kier molecular flexibility index (Phi) is 4.68. The summed E-state index contributed by atoms with van der Waals surface area (Å²) < 4.78 is 81.5. The van der Waals surface area contributed by atoms with Gasteiger partial charge in [-0.05, 0) is 46.5 Å². The van der Waals surface area contributed by atoms with Gasteiger partial charge in [0.25, 0.3) is 0 Å². The number of nitrogens with zero attached hydrogens (tertiary/aromatic N) is 3. The predicted molar refractivity (Wildman–Crippen MR) is 117 cm³/mol. The molecule has 0 amide bonds. The largest absolute Gasteiger partial charge is 0.433 e. The highest BCUT2D eigenvalue weighted by atomic mass is 32.2. The highest BCUT2D eigenvalue weighted by Crippen LogP contribution is 2.56. The lowest BCUT2D eigenvalue weighted by Gasteiger charge is -2.33. The number of aromatic nitrogens is 3. The third-order valence-corrected chi connectivity index (χ3v) is 8.39. The van der Waals surface area contributed by atoms with Crippen LogP contribution in [0.2, 0.25) is 0 Å². The molecule has 6 nitrogen and oxygen atoms in total. The van der Waals surface area contributed by atoms with Gasteiger partial charge in [0.05, 0.1) is 18.3 Å². The van der Waals surface area contributed by atoms with Crippen molar-refractivity contribution in [1.29, 1.82) is 0 Å². The number of hydrogen-bond acceptors (Lipinski definition) is 4. The van der Waals surface area contributed by atoms with Gasteiger partial charge in [0.15, 0.2) is 0 Å². The van der Waals surface area contributed by atoms with Gasteiger partial charge in [-0.3, -0.25) is 10.1 Å². The number of benzene rings is 2. The van der Waals surface area contributed by atoms with E-state index in [1.165, 1.54) is 16.4 Å². The maximum absolute atomic E-state index is 13.8. The van der Waals surface area contributed by atoms with Gasteiger partial charge < -0.3 is 0 Å². The summed E-state index contributed by atoms with van der Waals surface area (Å²) in [5.41, 5.74) is 3.27. The first-order valence-corrected chi connectivity index (χ1v) is 12.1. The molecule has 2 aliphatic heterocycles. The molecule has 178 valence electrons. The number of aromatic amines is 1. The van der Waals surface area contributed by atoms with Gasteiger partial charge in [-0.2, -0.15) is 22.6 Å². The van der Waals surface area contributed by atoms with Crippen molar-refractivity contribution >= 4 is 10.0 Å². The second kappa shape index (κ2) is 7.46. The molecule has 4 heterocycles. The number of rotatable bonds is 3. The highest BCUT2D eigenvalue weighted by molar-refractivity contribution is 7.89. The summed E-state index contributed by atoms with van der Waals surface area (Å²) in [6.07, 6.45) is -2.05. The van der Waals surface area contributed by atoms with Gasteiger partial charge in [0, 0.05) is 23.9 Å². The Morgan fingerprint density at radius 3 is 2.43 bits per heavy atom. The quantitative estimate of drug-likeness (QED) is 0.401. The molecule has 2 aromatic carbocycles. The van der Waals surface area contributed by atoms with E-state index in [1.54, 1.807) is 18.3 Å². The van der Waals surface area contributed by atoms with Crippen LogP contribution < -0.4 is 0 Å². The fourth-order valence-corrected chi connectivity index (χ4v) is 6.73. The van der Waals surface area contributed by atoms with Crippen LogP contribution >= 0.6 is 0 Å². The van der Waals surface area contributed by atoms with E-state index >= 15 is 0 Å². The molecule has 11 heteroatoms. The fraction of sp³-hybridized carbons (Fsp3) is 0.167. The normalized spacial score (nSPS) is 19.4. The summed E-state index contributed by atoms with van der Waals surface area (Å²) in [7, 11) is -4.25. The maximum atomic E-state index is 13.8. The minimum Gasteiger partial charge on any atom is -0.282 e. The second-order valence-electron chi connectivity index (χ2n) is 8.45. The molecule has 0 fully saturated rings. The summed E-state index contributed by atoms with van der Waals surface area (Å²) >= 11 is 0. The number of alkyl halides is 3. The average molecular weight is 500 g/mol. The first-order chi connectivity index (χ1) is 16.7. The molecule has 0 saturated carbocycles. The zero-order valence-corrected chi connectivity index (χ0v) is 18.6. The van der Waals surface area contributed by atoms with Gasteiger partial charge in [-0.25, -0.2) is 12.8 Å². The second-order valence-corrected chi connectivity index (χ2v) is 10.3. The van der Waals surface area contributed by atoms with Crippen molar-refractivity contribution in [3.8, 4) is 11.1 Å². The van der Waals surface area contributed by atoms with Gasteiger partial charge in [-0.1, -0.05) is 30.3 Å². The minimum absolute atomic E-state index is 0.318. The number of nitrogens with one attached hydrogen (secondary N) is 1. The van der Waals surface area contributed by atoms with E-state index in [0.29, 0.717) is 18.1 Å². The highest BCUT2D eigenvalue weighted by Gasteiger charge is 2.52. The molecular formula is C24H16F4N4O2S. The predicted octanol–water partition coefficient (Wildman–Crippen LogP) is 5.02. The summed E-state index contributed by atoms with van der Waals surface area (Å²) in [6.45, 7) is 0. The average Bonchev–Trinajstić information content (AvgIpc) is 3.41. The van der Waals surface area contributed by atoms with Crippen molar-refractivity contribution in [2.45, 2.75) is 29.6 Å². The van der Waals surface area contributed by atoms with Gasteiger partial charge >= 0.3 is 6.18 Å². The van der Waals surface area contributed by atoms with Crippen molar-refractivity contribution in [2.75, 3.05) is 0 Å². The minimum atomic E-state index is -4.68. The van der Waals surface area contributed by atoms with Crippen molar-refractivity contribution in [2.24, 2.45) is 0 Å². The van der Waals surface area contributed by atoms with E-state index in [0.717, 1.165) is 40.2 Å². The number of sulfonamides is 1. The Labute approximate surface area is 197 Å². The van der Waals surface area contributed by atoms with E-state index < -0.39 is 39.8 Å². The Morgan fingerprint density at radius 2 is 1.74 bits per heavy atom. The Bertz CT molecular complexity index is 1550. The standard InChI is InChI=1S/C24H16F4N4O2S/c25-14-6-4-13(5-7-14)16-2-1-3-17-20-10-19-18(12-30-31-19)23(22(16)17)32(20)35(33,34)15-8-9-21(29-11-15)24(26,27)28/h1-9,11-12,20,23H,10H2,(H,30,31). The van der Waals surface area contributed by atoms with Crippen molar-refractivity contribution < 1.29 is 26.0 Å². The summed E-state index contributed by atoms with van der Waals surface area (Å²) in [5.74, 6) is -0.392. The number of fused-ring (bicyclic) bond motifs is 7. The molecule has 2 atom stereocenters. The lowest BCUT2D eigenvalue weighted by molar-refractivity contribution is -0.141. The van der Waals surface area contributed by atoms with Gasteiger partial charge in [-0.15, -0.1) is 0 Å². The molecule has 2 aromatic heterocycles. The number of pyridine rings is 1. The molecule has 2 bridgehead atoms. The van der Waals surface area contributed by atoms with Gasteiger partial charge in [0.2, 0.25) is 10.0 Å². The lowest BCUT2D eigenvalue weighted by atomic mass is 9.91. The molecule has 2 unspecified atom stereocenters. The van der Waals surface area contributed by atoms with Crippen LogP contribution in [0.5, 0.6) is 0 Å². The molecule has 0 spiro atoms. The molecule has 6 rings (SSSR count). The van der Waals surface area contributed by atoms with Crippen LogP contribution in [0.4, 0.5) is 17.6 Å². The number of hydrogen-bond donors (Lipinski definition) is 1. The van der Waals surface area contributed by atoms with Crippen LogP contribution in [0, 0.1) is 5.82 Å². The zero-order valence-electron chi connectivity index (χ0n) is 17.8. The monoisotopic (exact) mass is 500 g/mol. The van der Waals surface area contributed by atoms with Crippen molar-refractivity contribution in [3.63, 3.8) is 0 Å². The Hall–Kier alpha value is -3.57. The van der Waals surface area contributed by atoms with Crippen LogP contribution in [0.1, 0.15) is 40.2 Å². The van der Waals surface area contributed by atoms with E-state index in [4.69, 9.17) is 0 Å². The summed E-state index contributed by atoms with van der Waals surface area (Å²) in [6, 6.07) is 11.7.